The standard InChI is InChI=1S/C25H29N/c1-2-8-20(9-3-1)16-17-26-19-24-12-6-7-13-25(24)23-15-14-21-10-4-5-11-22(21)18-23/h4-7,10-15,18,20,26H,1-3,8-9,16-17,19H2. The van der Waals surface area contributed by atoms with Crippen molar-refractivity contribution in [1.29, 1.82) is 0 Å². The average Bonchev–Trinajstić information content (AvgIpc) is 2.72. The van der Waals surface area contributed by atoms with E-state index in [1.165, 1.54) is 66.0 Å². The predicted octanol–water partition coefficient (Wildman–Crippen LogP) is 6.57. The average molecular weight is 344 g/mol. The number of hydrogen-bond donors (Lipinski definition) is 1. The Bertz CT molecular complexity index is 845. The van der Waals surface area contributed by atoms with Crippen LogP contribution in [0.1, 0.15) is 44.1 Å². The fourth-order valence-electron chi connectivity index (χ4n) is 4.32. The Morgan fingerprint density at radius 3 is 2.42 bits per heavy atom. The van der Waals surface area contributed by atoms with E-state index in [1.807, 2.05) is 0 Å². The van der Waals surface area contributed by atoms with Gasteiger partial charge in [-0.25, -0.2) is 0 Å². The van der Waals surface area contributed by atoms with Gasteiger partial charge >= 0.3 is 0 Å². The second kappa shape index (κ2) is 8.51. The van der Waals surface area contributed by atoms with Gasteiger partial charge in [0, 0.05) is 6.54 Å². The van der Waals surface area contributed by atoms with E-state index in [4.69, 9.17) is 0 Å². The number of benzene rings is 3. The Morgan fingerprint density at radius 2 is 1.54 bits per heavy atom. The summed E-state index contributed by atoms with van der Waals surface area (Å²) in [5.74, 6) is 0.951. The lowest BCUT2D eigenvalue weighted by molar-refractivity contribution is 0.334. The van der Waals surface area contributed by atoms with E-state index in [-0.39, 0.29) is 0 Å². The first-order chi connectivity index (χ1) is 12.9. The van der Waals surface area contributed by atoms with Gasteiger partial charge in [0.1, 0.15) is 0 Å². The minimum atomic E-state index is 0.951. The Balaban J connectivity index is 1.43. The number of rotatable bonds is 6. The fourth-order valence-corrected chi connectivity index (χ4v) is 4.32. The van der Waals surface area contributed by atoms with Crippen LogP contribution in [0.3, 0.4) is 0 Å². The molecule has 1 saturated carbocycles. The van der Waals surface area contributed by atoms with Crippen molar-refractivity contribution in [3.63, 3.8) is 0 Å². The van der Waals surface area contributed by atoms with E-state index in [2.05, 4.69) is 72.0 Å². The van der Waals surface area contributed by atoms with E-state index in [1.54, 1.807) is 0 Å². The molecular formula is C25H29N. The molecule has 1 aliphatic rings. The van der Waals surface area contributed by atoms with Crippen LogP contribution in [0.5, 0.6) is 0 Å². The van der Waals surface area contributed by atoms with Crippen molar-refractivity contribution >= 4 is 10.8 Å². The summed E-state index contributed by atoms with van der Waals surface area (Å²) in [5.41, 5.74) is 4.06. The summed E-state index contributed by atoms with van der Waals surface area (Å²) >= 11 is 0. The monoisotopic (exact) mass is 343 g/mol. The maximum absolute atomic E-state index is 3.70. The van der Waals surface area contributed by atoms with E-state index in [0.29, 0.717) is 0 Å². The van der Waals surface area contributed by atoms with Crippen LogP contribution in [0.2, 0.25) is 0 Å². The van der Waals surface area contributed by atoms with Crippen LogP contribution in [-0.2, 0) is 6.54 Å². The Labute approximate surface area is 157 Å². The Morgan fingerprint density at radius 1 is 0.769 bits per heavy atom. The second-order valence-corrected chi connectivity index (χ2v) is 7.69. The molecule has 0 aliphatic heterocycles. The third-order valence-electron chi connectivity index (χ3n) is 5.85. The fraction of sp³-hybridized carbons (Fsp3) is 0.360. The maximum atomic E-state index is 3.70. The maximum Gasteiger partial charge on any atom is 0.0211 e. The topological polar surface area (TPSA) is 12.0 Å². The van der Waals surface area contributed by atoms with Gasteiger partial charge in [-0.3, -0.25) is 0 Å². The SMILES string of the molecule is c1ccc(-c2ccc3ccccc3c2)c(CNCCC2CCCCC2)c1. The highest BCUT2D eigenvalue weighted by Gasteiger charge is 2.12. The van der Waals surface area contributed by atoms with Crippen molar-refractivity contribution in [3.8, 4) is 11.1 Å². The second-order valence-electron chi connectivity index (χ2n) is 7.69. The van der Waals surface area contributed by atoms with Gasteiger partial charge in [0.2, 0.25) is 0 Å². The van der Waals surface area contributed by atoms with Crippen molar-refractivity contribution < 1.29 is 0 Å². The molecule has 4 rings (SSSR count). The van der Waals surface area contributed by atoms with Crippen molar-refractivity contribution in [3.05, 3.63) is 72.3 Å². The predicted molar refractivity (Wildman–Crippen MR) is 112 cm³/mol. The van der Waals surface area contributed by atoms with Crippen LogP contribution < -0.4 is 5.32 Å². The molecule has 26 heavy (non-hydrogen) atoms. The molecule has 1 nitrogen and oxygen atoms in total. The molecule has 1 heteroatoms. The molecule has 3 aromatic carbocycles. The molecule has 3 aromatic rings. The number of nitrogens with one attached hydrogen (secondary N) is 1. The number of hydrogen-bond acceptors (Lipinski definition) is 1. The van der Waals surface area contributed by atoms with Gasteiger partial charge in [-0.2, -0.15) is 0 Å². The van der Waals surface area contributed by atoms with Gasteiger partial charge in [-0.15, -0.1) is 0 Å². The summed E-state index contributed by atoms with van der Waals surface area (Å²) < 4.78 is 0. The van der Waals surface area contributed by atoms with Crippen LogP contribution in [0, 0.1) is 5.92 Å². The molecule has 1 aliphatic carbocycles. The lowest BCUT2D eigenvalue weighted by atomic mass is 9.87. The van der Waals surface area contributed by atoms with Gasteiger partial charge in [0.15, 0.2) is 0 Å². The molecule has 0 spiro atoms. The molecule has 134 valence electrons. The molecule has 0 amide bonds. The number of fused-ring (bicyclic) bond motifs is 1. The highest BCUT2D eigenvalue weighted by molar-refractivity contribution is 5.87. The summed E-state index contributed by atoms with van der Waals surface area (Å²) in [5, 5.41) is 6.31. The molecule has 1 fully saturated rings. The van der Waals surface area contributed by atoms with E-state index < -0.39 is 0 Å². The largest absolute Gasteiger partial charge is 0.313 e. The zero-order valence-electron chi connectivity index (χ0n) is 15.6. The highest BCUT2D eigenvalue weighted by Crippen LogP contribution is 2.28. The third kappa shape index (κ3) is 4.16. The summed E-state index contributed by atoms with van der Waals surface area (Å²) in [6.07, 6.45) is 8.54. The van der Waals surface area contributed by atoms with Crippen molar-refractivity contribution in [2.24, 2.45) is 5.92 Å². The minimum Gasteiger partial charge on any atom is -0.313 e. The van der Waals surface area contributed by atoms with Crippen LogP contribution >= 0.6 is 0 Å². The normalized spacial score (nSPS) is 15.4. The zero-order chi connectivity index (χ0) is 17.6. The first-order valence-corrected chi connectivity index (χ1v) is 10.2. The first kappa shape index (κ1) is 17.3. The highest BCUT2D eigenvalue weighted by atomic mass is 14.8. The van der Waals surface area contributed by atoms with Gasteiger partial charge < -0.3 is 5.32 Å². The summed E-state index contributed by atoms with van der Waals surface area (Å²) in [4.78, 5) is 0. The van der Waals surface area contributed by atoms with E-state index in [9.17, 15) is 0 Å². The molecule has 0 saturated heterocycles. The molecule has 0 atom stereocenters. The lowest BCUT2D eigenvalue weighted by Crippen LogP contribution is -2.19. The third-order valence-corrected chi connectivity index (χ3v) is 5.85. The van der Waals surface area contributed by atoms with Gasteiger partial charge in [-0.1, -0.05) is 92.8 Å². The first-order valence-electron chi connectivity index (χ1n) is 10.2. The molecule has 0 aromatic heterocycles. The summed E-state index contributed by atoms with van der Waals surface area (Å²) in [6.45, 7) is 2.09. The van der Waals surface area contributed by atoms with E-state index >= 15 is 0 Å². The summed E-state index contributed by atoms with van der Waals surface area (Å²) in [6, 6.07) is 24.2. The van der Waals surface area contributed by atoms with E-state index in [0.717, 1.165) is 19.0 Å². The Kier molecular flexibility index (Phi) is 5.66. The van der Waals surface area contributed by atoms with Crippen LogP contribution in [0.25, 0.3) is 21.9 Å². The van der Waals surface area contributed by atoms with Crippen LogP contribution in [-0.4, -0.2) is 6.54 Å². The molecule has 0 unspecified atom stereocenters. The van der Waals surface area contributed by atoms with Crippen molar-refractivity contribution in [2.45, 2.75) is 45.1 Å². The van der Waals surface area contributed by atoms with Crippen LogP contribution in [0.15, 0.2) is 66.7 Å². The molecular weight excluding hydrogens is 314 g/mol. The van der Waals surface area contributed by atoms with Gasteiger partial charge in [0.25, 0.3) is 0 Å². The smallest absolute Gasteiger partial charge is 0.0211 e. The minimum absolute atomic E-state index is 0.951. The zero-order valence-corrected chi connectivity index (χ0v) is 15.6. The van der Waals surface area contributed by atoms with Gasteiger partial charge in [-0.05, 0) is 52.4 Å². The lowest BCUT2D eigenvalue weighted by Gasteiger charge is -2.21. The summed E-state index contributed by atoms with van der Waals surface area (Å²) in [7, 11) is 0. The molecule has 1 N–H and O–H groups in total. The quantitative estimate of drug-likeness (QED) is 0.499. The van der Waals surface area contributed by atoms with Gasteiger partial charge in [0.05, 0.1) is 0 Å². The molecule has 0 heterocycles. The molecule has 0 bridgehead atoms. The van der Waals surface area contributed by atoms with Crippen LogP contribution in [0.4, 0.5) is 0 Å². The van der Waals surface area contributed by atoms with Crippen molar-refractivity contribution in [1.82, 2.24) is 5.32 Å². The van der Waals surface area contributed by atoms with Crippen molar-refractivity contribution in [2.75, 3.05) is 6.54 Å². The molecule has 0 radical (unpaired) electrons. The Hall–Kier alpha value is -2.12.